The predicted octanol–water partition coefficient (Wildman–Crippen LogP) is 3.00. The second kappa shape index (κ2) is 6.39. The van der Waals surface area contributed by atoms with E-state index in [2.05, 4.69) is 0 Å². The van der Waals surface area contributed by atoms with Crippen molar-refractivity contribution >= 4 is 46.8 Å². The van der Waals surface area contributed by atoms with Crippen LogP contribution in [0.1, 0.15) is 11.1 Å². The Morgan fingerprint density at radius 2 is 1.77 bits per heavy atom. The molecule has 1 aromatic carbocycles. The Morgan fingerprint density at radius 1 is 1.18 bits per heavy atom. The van der Waals surface area contributed by atoms with Crippen molar-refractivity contribution < 1.29 is 0 Å². The van der Waals surface area contributed by atoms with E-state index in [1.165, 1.54) is 6.20 Å². The highest BCUT2D eigenvalue weighted by Crippen LogP contribution is 2.38. The Morgan fingerprint density at radius 3 is 2.27 bits per heavy atom. The Bertz CT molecular complexity index is 861. The highest BCUT2D eigenvalue weighted by molar-refractivity contribution is 8.03. The molecule has 5 nitrogen and oxygen atoms in total. The number of rotatable bonds is 2. The summed E-state index contributed by atoms with van der Waals surface area (Å²) >= 11 is 17.3. The van der Waals surface area contributed by atoms with E-state index in [1.807, 2.05) is 6.92 Å². The molecule has 0 aliphatic heterocycles. The smallest absolute Gasteiger partial charge is 0.267 e. The molecular weight excluding hydrogens is 369 g/mol. The molecule has 0 saturated carbocycles. The first-order chi connectivity index (χ1) is 10.2. The zero-order chi connectivity index (χ0) is 16.5. The van der Waals surface area contributed by atoms with E-state index in [0.29, 0.717) is 21.6 Å². The molecule has 1 heterocycles. The molecule has 0 amide bonds. The number of nitrogens with zero attached hydrogens (tertiary/aromatic N) is 3. The van der Waals surface area contributed by atoms with Gasteiger partial charge in [0.05, 0.1) is 5.69 Å². The van der Waals surface area contributed by atoms with E-state index in [-0.39, 0.29) is 5.56 Å². The number of benzene rings is 1. The highest BCUT2D eigenvalue weighted by atomic mass is 35.6. The van der Waals surface area contributed by atoms with Crippen LogP contribution in [-0.4, -0.2) is 11.7 Å². The molecule has 0 aliphatic carbocycles. The molecule has 0 fully saturated rings. The zero-order valence-corrected chi connectivity index (χ0v) is 14.2. The molecule has 0 bridgehead atoms. The average Bonchev–Trinajstić information content (AvgIpc) is 2.44. The third-order valence-electron chi connectivity index (χ3n) is 2.68. The van der Waals surface area contributed by atoms with Crippen molar-refractivity contribution in [2.75, 3.05) is 0 Å². The summed E-state index contributed by atoms with van der Waals surface area (Å²) in [5, 5.41) is 9.06. The number of hydrogen-bond acceptors (Lipinski definition) is 4. The molecule has 1 aromatic heterocycles. The van der Waals surface area contributed by atoms with Gasteiger partial charge in [-0.1, -0.05) is 52.5 Å². The number of hydrogen-bond donors (Lipinski definition) is 0. The van der Waals surface area contributed by atoms with Crippen LogP contribution in [-0.2, 0) is 0 Å². The number of alkyl halides is 3. The molecule has 114 valence electrons. The normalized spacial score (nSPS) is 11.2. The van der Waals surface area contributed by atoms with Crippen LogP contribution in [0, 0.1) is 18.3 Å². The fraction of sp³-hybridized carbons (Fsp3) is 0.154. The number of aryl methyl sites for hydroxylation is 1. The molecule has 0 saturated heterocycles. The van der Waals surface area contributed by atoms with Crippen LogP contribution in [0.5, 0.6) is 0 Å². The molecule has 0 spiro atoms. The maximum Gasteiger partial charge on any atom is 0.346 e. The lowest BCUT2D eigenvalue weighted by atomic mass is 10.2. The minimum atomic E-state index is -1.91. The van der Waals surface area contributed by atoms with Gasteiger partial charge in [-0.05, 0) is 19.1 Å². The lowest BCUT2D eigenvalue weighted by Gasteiger charge is -2.14. The molecule has 22 heavy (non-hydrogen) atoms. The first-order valence-corrected chi connectivity index (χ1v) is 7.76. The Balaban J connectivity index is 2.74. The van der Waals surface area contributed by atoms with E-state index >= 15 is 0 Å². The van der Waals surface area contributed by atoms with Crippen LogP contribution in [0.3, 0.4) is 0 Å². The minimum absolute atomic E-state index is 0.234. The van der Waals surface area contributed by atoms with Crippen LogP contribution in [0.4, 0.5) is 0 Å². The highest BCUT2D eigenvalue weighted by Gasteiger charge is 2.26. The number of aromatic nitrogens is 2. The number of halogens is 3. The summed E-state index contributed by atoms with van der Waals surface area (Å²) in [5.41, 5.74) is -0.287. The molecule has 2 aromatic rings. The van der Waals surface area contributed by atoms with Gasteiger partial charge in [-0.15, -0.1) is 0 Å². The van der Waals surface area contributed by atoms with Gasteiger partial charge in [0.1, 0.15) is 11.6 Å². The van der Waals surface area contributed by atoms with Crippen LogP contribution in [0.15, 0.2) is 40.1 Å². The monoisotopic (exact) mass is 375 g/mol. The van der Waals surface area contributed by atoms with Crippen molar-refractivity contribution in [3.63, 3.8) is 0 Å². The van der Waals surface area contributed by atoms with Crippen molar-refractivity contribution in [2.45, 2.75) is 10.0 Å². The first kappa shape index (κ1) is 17.0. The van der Waals surface area contributed by atoms with Gasteiger partial charge in [0.2, 0.25) is 0 Å². The Kier molecular flexibility index (Phi) is 4.93. The third-order valence-corrected chi connectivity index (χ3v) is 4.01. The SMILES string of the molecule is Cc1ccc(-n2cc(C#N)c(=O)n(SC(Cl)(Cl)Cl)c2=O)cc1. The maximum atomic E-state index is 12.4. The second-order valence-corrected chi connectivity index (χ2v) is 8.39. The summed E-state index contributed by atoms with van der Waals surface area (Å²) in [5.74, 6) is 0. The summed E-state index contributed by atoms with van der Waals surface area (Å²) in [6, 6.07) is 8.70. The molecule has 9 heteroatoms. The molecule has 0 radical (unpaired) electrons. The Hall–Kier alpha value is -1.39. The minimum Gasteiger partial charge on any atom is -0.267 e. The van der Waals surface area contributed by atoms with Crippen molar-refractivity contribution in [1.82, 2.24) is 8.54 Å². The van der Waals surface area contributed by atoms with Crippen LogP contribution >= 0.6 is 46.8 Å². The summed E-state index contributed by atoms with van der Waals surface area (Å²) in [6.07, 6.45) is 1.17. The quantitative estimate of drug-likeness (QED) is 0.756. The first-order valence-electron chi connectivity index (χ1n) is 5.85. The van der Waals surface area contributed by atoms with E-state index < -0.39 is 14.4 Å². The molecule has 0 aliphatic rings. The van der Waals surface area contributed by atoms with Gasteiger partial charge in [0, 0.05) is 18.1 Å². The summed E-state index contributed by atoms with van der Waals surface area (Å²) in [6.45, 7) is 1.90. The van der Waals surface area contributed by atoms with Crippen molar-refractivity contribution in [1.29, 1.82) is 5.26 Å². The fourth-order valence-electron chi connectivity index (χ4n) is 1.68. The topological polar surface area (TPSA) is 67.8 Å². The largest absolute Gasteiger partial charge is 0.346 e. The molecule has 0 unspecified atom stereocenters. The van der Waals surface area contributed by atoms with Crippen LogP contribution in [0.25, 0.3) is 5.69 Å². The fourth-order valence-corrected chi connectivity index (χ4v) is 2.86. The summed E-state index contributed by atoms with van der Waals surface area (Å²) in [4.78, 5) is 24.5. The van der Waals surface area contributed by atoms with Gasteiger partial charge in [-0.25, -0.2) is 4.79 Å². The van der Waals surface area contributed by atoms with Gasteiger partial charge in [-0.3, -0.25) is 9.36 Å². The maximum absolute atomic E-state index is 12.4. The van der Waals surface area contributed by atoms with Gasteiger partial charge in [-0.2, -0.15) is 9.23 Å². The van der Waals surface area contributed by atoms with E-state index in [1.54, 1.807) is 30.3 Å². The van der Waals surface area contributed by atoms with Gasteiger partial charge in [0.15, 0.2) is 0 Å². The lowest BCUT2D eigenvalue weighted by molar-refractivity contribution is 0.857. The average molecular weight is 377 g/mol. The summed E-state index contributed by atoms with van der Waals surface area (Å²) in [7, 11) is 0. The Labute approximate surface area is 144 Å². The predicted molar refractivity (Wildman–Crippen MR) is 89.0 cm³/mol. The standard InChI is InChI=1S/C13H8Cl3N3O2S/c1-8-2-4-10(5-3-8)18-7-9(6-17)11(20)19(12(18)21)22-13(14,15)16/h2-5,7H,1H3. The number of nitriles is 1. The van der Waals surface area contributed by atoms with E-state index in [4.69, 9.17) is 40.1 Å². The molecule has 0 atom stereocenters. The molecular formula is C13H8Cl3N3O2S. The van der Waals surface area contributed by atoms with E-state index in [0.717, 1.165) is 10.1 Å². The van der Waals surface area contributed by atoms with Gasteiger partial charge < -0.3 is 0 Å². The van der Waals surface area contributed by atoms with Crippen molar-refractivity contribution in [2.24, 2.45) is 0 Å². The second-order valence-electron chi connectivity index (χ2n) is 4.28. The van der Waals surface area contributed by atoms with Gasteiger partial charge in [0.25, 0.3) is 8.68 Å². The van der Waals surface area contributed by atoms with Crippen LogP contribution < -0.4 is 11.2 Å². The summed E-state index contributed by atoms with van der Waals surface area (Å²) < 4.78 is -0.101. The van der Waals surface area contributed by atoms with Crippen molar-refractivity contribution in [3.8, 4) is 11.8 Å². The lowest BCUT2D eigenvalue weighted by Crippen LogP contribution is -2.38. The third kappa shape index (κ3) is 3.68. The van der Waals surface area contributed by atoms with E-state index in [9.17, 15) is 9.59 Å². The molecule has 2 rings (SSSR count). The molecule has 0 N–H and O–H groups in total. The van der Waals surface area contributed by atoms with Gasteiger partial charge >= 0.3 is 5.69 Å². The van der Waals surface area contributed by atoms with Crippen molar-refractivity contribution in [3.05, 3.63) is 62.4 Å². The van der Waals surface area contributed by atoms with Crippen LogP contribution in [0.2, 0.25) is 0 Å². The zero-order valence-electron chi connectivity index (χ0n) is 11.1.